The number of aromatic amines is 1. The minimum absolute atomic E-state index is 0.0256. The van der Waals surface area contributed by atoms with Crippen LogP contribution in [0, 0.1) is 0 Å². The van der Waals surface area contributed by atoms with Gasteiger partial charge < -0.3 is 30.2 Å². The number of methoxy groups -OCH3 is 1. The number of hydrogen-bond acceptors (Lipinski definition) is 5. The number of amides is 2. The van der Waals surface area contributed by atoms with Crippen molar-refractivity contribution in [1.82, 2.24) is 15.3 Å². The van der Waals surface area contributed by atoms with Crippen LogP contribution in [0.3, 0.4) is 0 Å². The second-order valence-corrected chi connectivity index (χ2v) is 7.39. The number of hydrogen-bond donors (Lipinski definition) is 4. The van der Waals surface area contributed by atoms with E-state index in [0.29, 0.717) is 31.0 Å². The molecule has 0 fully saturated rings. The van der Waals surface area contributed by atoms with Gasteiger partial charge in [-0.05, 0) is 53.1 Å². The van der Waals surface area contributed by atoms with Crippen LogP contribution in [0.5, 0.6) is 11.5 Å². The first-order chi connectivity index (χ1) is 16.2. The maximum absolute atomic E-state index is 12.6. The number of carbonyl (C=O) groups excluding carboxylic acids is 1. The lowest BCUT2D eigenvalue weighted by molar-refractivity contribution is 0.233. The number of anilines is 1. The summed E-state index contributed by atoms with van der Waals surface area (Å²) in [5, 5.41) is 15.8. The van der Waals surface area contributed by atoms with Gasteiger partial charge in [0.25, 0.3) is 0 Å². The molecule has 0 aliphatic heterocycles. The quantitative estimate of drug-likeness (QED) is 0.286. The Bertz CT molecular complexity index is 1240. The molecule has 8 heteroatoms. The van der Waals surface area contributed by atoms with Crippen molar-refractivity contribution >= 4 is 22.8 Å². The molecule has 0 radical (unpaired) electrons. The highest BCUT2D eigenvalue weighted by Gasteiger charge is 2.12. The average molecular weight is 447 g/mol. The summed E-state index contributed by atoms with van der Waals surface area (Å²) in [4.78, 5) is 20.0. The number of rotatable bonds is 9. The Kier molecular flexibility index (Phi) is 7.06. The summed E-state index contributed by atoms with van der Waals surface area (Å²) >= 11 is 0. The van der Waals surface area contributed by atoms with Gasteiger partial charge in [-0.25, -0.2) is 9.78 Å². The van der Waals surface area contributed by atoms with E-state index in [4.69, 9.17) is 14.6 Å². The maximum atomic E-state index is 12.6. The van der Waals surface area contributed by atoms with E-state index in [1.807, 2.05) is 60.8 Å². The average Bonchev–Trinajstić information content (AvgIpc) is 3.33. The van der Waals surface area contributed by atoms with Crippen LogP contribution in [0.2, 0.25) is 0 Å². The molecule has 0 aliphatic rings. The molecule has 0 saturated heterocycles. The van der Waals surface area contributed by atoms with Gasteiger partial charge in [-0.15, -0.1) is 0 Å². The molecule has 0 bridgehead atoms. The largest absolute Gasteiger partial charge is 0.497 e. The lowest BCUT2D eigenvalue weighted by Crippen LogP contribution is -2.28. The summed E-state index contributed by atoms with van der Waals surface area (Å²) < 4.78 is 11.1. The molecule has 33 heavy (non-hydrogen) atoms. The SMILES string of the molecule is COc1cccc(CNC(=O)Nc2ccc(-c3ccnc4[nH]ccc34)cc2OCCCO)c1. The molecule has 2 aromatic carbocycles. The van der Waals surface area contributed by atoms with Crippen molar-refractivity contribution in [2.24, 2.45) is 0 Å². The standard InChI is InChI=1S/C25H26N4O4/c1-32-19-5-2-4-17(14-19)16-28-25(31)29-22-7-6-18(15-23(22)33-13-3-12-30)20-8-10-26-24-21(20)9-11-27-24/h2,4-11,14-15,30H,3,12-13,16H2,1H3,(H,26,27)(H2,28,29,31). The number of H-pyrrole nitrogens is 1. The van der Waals surface area contributed by atoms with Crippen LogP contribution in [0.25, 0.3) is 22.2 Å². The number of pyridine rings is 1. The molecule has 2 amide bonds. The molecular weight excluding hydrogens is 420 g/mol. The summed E-state index contributed by atoms with van der Waals surface area (Å²) in [7, 11) is 1.61. The number of nitrogens with zero attached hydrogens (tertiary/aromatic N) is 1. The first-order valence-corrected chi connectivity index (χ1v) is 10.7. The third-order valence-electron chi connectivity index (χ3n) is 5.15. The molecule has 170 valence electrons. The Hall–Kier alpha value is -4.04. The van der Waals surface area contributed by atoms with Crippen LogP contribution < -0.4 is 20.1 Å². The van der Waals surface area contributed by atoms with Gasteiger partial charge in [0.2, 0.25) is 0 Å². The van der Waals surface area contributed by atoms with E-state index in [-0.39, 0.29) is 12.6 Å². The first kappa shape index (κ1) is 22.2. The third kappa shape index (κ3) is 5.42. The zero-order valence-electron chi connectivity index (χ0n) is 18.3. The summed E-state index contributed by atoms with van der Waals surface area (Å²) in [5.74, 6) is 1.26. The van der Waals surface area contributed by atoms with E-state index in [0.717, 1.165) is 33.5 Å². The fraction of sp³-hybridized carbons (Fsp3) is 0.200. The molecule has 0 atom stereocenters. The Balaban J connectivity index is 1.52. The van der Waals surface area contributed by atoms with Crippen molar-refractivity contribution < 1.29 is 19.4 Å². The number of ether oxygens (including phenoxy) is 2. The van der Waals surface area contributed by atoms with Crippen LogP contribution >= 0.6 is 0 Å². The smallest absolute Gasteiger partial charge is 0.319 e. The molecule has 4 N–H and O–H groups in total. The number of benzene rings is 2. The van der Waals surface area contributed by atoms with E-state index in [9.17, 15) is 4.79 Å². The topological polar surface area (TPSA) is 108 Å². The molecule has 4 aromatic rings. The Morgan fingerprint density at radius 1 is 1.15 bits per heavy atom. The lowest BCUT2D eigenvalue weighted by atomic mass is 10.0. The zero-order chi connectivity index (χ0) is 23.0. The molecule has 2 aromatic heterocycles. The van der Waals surface area contributed by atoms with Crippen LogP contribution in [-0.4, -0.2) is 41.4 Å². The van der Waals surface area contributed by atoms with Crippen molar-refractivity contribution in [3.63, 3.8) is 0 Å². The van der Waals surface area contributed by atoms with Crippen molar-refractivity contribution in [1.29, 1.82) is 0 Å². The fourth-order valence-corrected chi connectivity index (χ4v) is 3.50. The van der Waals surface area contributed by atoms with Crippen molar-refractivity contribution in [3.8, 4) is 22.6 Å². The summed E-state index contributed by atoms with van der Waals surface area (Å²) in [6.45, 7) is 0.706. The van der Waals surface area contributed by atoms with E-state index >= 15 is 0 Å². The summed E-state index contributed by atoms with van der Waals surface area (Å²) in [5.41, 5.74) is 4.20. The van der Waals surface area contributed by atoms with Crippen molar-refractivity contribution in [2.45, 2.75) is 13.0 Å². The Morgan fingerprint density at radius 3 is 2.91 bits per heavy atom. The number of aliphatic hydroxyl groups is 1. The molecule has 0 spiro atoms. The van der Waals surface area contributed by atoms with Gasteiger partial charge in [-0.2, -0.15) is 0 Å². The molecule has 8 nitrogen and oxygen atoms in total. The van der Waals surface area contributed by atoms with Crippen LogP contribution in [0.4, 0.5) is 10.5 Å². The Labute approximate surface area is 191 Å². The van der Waals surface area contributed by atoms with E-state index < -0.39 is 0 Å². The van der Waals surface area contributed by atoms with Crippen molar-refractivity contribution in [2.75, 3.05) is 25.6 Å². The van der Waals surface area contributed by atoms with Gasteiger partial charge in [0.05, 0.1) is 19.4 Å². The minimum Gasteiger partial charge on any atom is -0.497 e. The highest BCUT2D eigenvalue weighted by atomic mass is 16.5. The second kappa shape index (κ2) is 10.5. The summed E-state index contributed by atoms with van der Waals surface area (Å²) in [6, 6.07) is 16.7. The number of aliphatic hydroxyl groups excluding tert-OH is 1. The zero-order valence-corrected chi connectivity index (χ0v) is 18.3. The third-order valence-corrected chi connectivity index (χ3v) is 5.15. The van der Waals surface area contributed by atoms with Gasteiger partial charge in [-0.1, -0.05) is 18.2 Å². The normalized spacial score (nSPS) is 10.7. The van der Waals surface area contributed by atoms with E-state index in [1.165, 1.54) is 0 Å². The Morgan fingerprint density at radius 2 is 2.06 bits per heavy atom. The monoisotopic (exact) mass is 446 g/mol. The number of fused-ring (bicyclic) bond motifs is 1. The molecular formula is C25H26N4O4. The predicted molar refractivity (Wildman–Crippen MR) is 128 cm³/mol. The van der Waals surface area contributed by atoms with Crippen LogP contribution in [0.1, 0.15) is 12.0 Å². The molecule has 2 heterocycles. The first-order valence-electron chi connectivity index (χ1n) is 10.7. The molecule has 0 aliphatic carbocycles. The van der Waals surface area contributed by atoms with E-state index in [1.54, 1.807) is 13.3 Å². The maximum Gasteiger partial charge on any atom is 0.319 e. The highest BCUT2D eigenvalue weighted by Crippen LogP contribution is 2.34. The van der Waals surface area contributed by atoms with Crippen LogP contribution in [0.15, 0.2) is 67.0 Å². The van der Waals surface area contributed by atoms with Gasteiger partial charge >= 0.3 is 6.03 Å². The van der Waals surface area contributed by atoms with Gasteiger partial charge in [0.1, 0.15) is 17.1 Å². The van der Waals surface area contributed by atoms with Crippen molar-refractivity contribution in [3.05, 3.63) is 72.6 Å². The predicted octanol–water partition coefficient (Wildman–Crippen LogP) is 4.32. The second-order valence-electron chi connectivity index (χ2n) is 7.39. The van der Waals surface area contributed by atoms with Gasteiger partial charge in [0, 0.05) is 37.4 Å². The van der Waals surface area contributed by atoms with Gasteiger partial charge in [0.15, 0.2) is 0 Å². The number of nitrogens with one attached hydrogen (secondary N) is 3. The number of carbonyl (C=O) groups is 1. The molecule has 0 saturated carbocycles. The molecule has 0 unspecified atom stereocenters. The lowest BCUT2D eigenvalue weighted by Gasteiger charge is -2.15. The van der Waals surface area contributed by atoms with Gasteiger partial charge in [-0.3, -0.25) is 0 Å². The minimum atomic E-state index is -0.352. The van der Waals surface area contributed by atoms with Crippen LogP contribution in [-0.2, 0) is 6.54 Å². The highest BCUT2D eigenvalue weighted by molar-refractivity contribution is 5.95. The molecule has 4 rings (SSSR count). The fourth-order valence-electron chi connectivity index (χ4n) is 3.50. The number of urea groups is 1. The summed E-state index contributed by atoms with van der Waals surface area (Å²) in [6.07, 6.45) is 4.09. The van der Waals surface area contributed by atoms with E-state index in [2.05, 4.69) is 20.6 Å². The number of aromatic nitrogens is 2.